The lowest BCUT2D eigenvalue weighted by Crippen LogP contribution is -1.86. The van der Waals surface area contributed by atoms with Crippen molar-refractivity contribution in [3.63, 3.8) is 0 Å². The summed E-state index contributed by atoms with van der Waals surface area (Å²) in [5, 5.41) is 0.674. The van der Waals surface area contributed by atoms with Crippen molar-refractivity contribution in [1.29, 1.82) is 0 Å². The van der Waals surface area contributed by atoms with Crippen LogP contribution in [0.15, 0.2) is 11.1 Å². The lowest BCUT2D eigenvalue weighted by molar-refractivity contribution is 1.19. The fourth-order valence-electron chi connectivity index (χ4n) is 0.230. The first-order chi connectivity index (χ1) is 3.18. The number of allylic oxidation sites excluding steroid dienone is 2. The van der Waals surface area contributed by atoms with Crippen molar-refractivity contribution in [1.82, 2.24) is 0 Å². The Morgan fingerprint density at radius 1 is 1.71 bits per heavy atom. The third kappa shape index (κ3) is 2.95. The Bertz CT molecular complexity index is 74.1. The maximum absolute atomic E-state index is 5.53. The average Bonchev–Trinajstić information content (AvgIpc) is 1.65. The maximum Gasteiger partial charge on any atom is 0.0660 e. The molecule has 0 nitrogen and oxygen atoms in total. The van der Waals surface area contributed by atoms with Gasteiger partial charge in [0.15, 0.2) is 0 Å². The van der Waals surface area contributed by atoms with Crippen molar-refractivity contribution in [2.45, 2.75) is 19.2 Å². The fourth-order valence-corrected chi connectivity index (χ4v) is 0.356. The molecule has 7 heavy (non-hydrogen) atoms. The lowest BCUT2D eigenvalue weighted by Gasteiger charge is -1.94. The van der Waals surface area contributed by atoms with Crippen molar-refractivity contribution in [2.75, 3.05) is 0 Å². The second-order valence-electron chi connectivity index (χ2n) is 1.29. The van der Waals surface area contributed by atoms with E-state index in [2.05, 4.69) is 0 Å². The topological polar surface area (TPSA) is 0 Å². The summed E-state index contributed by atoms with van der Waals surface area (Å²) < 4.78 is 0. The molecule has 0 saturated carbocycles. The van der Waals surface area contributed by atoms with Gasteiger partial charge in [0.05, 0.1) is 5.38 Å². The maximum atomic E-state index is 5.53. The molecule has 0 radical (unpaired) electrons. The highest BCUT2D eigenvalue weighted by Gasteiger charge is 1.96. The van der Waals surface area contributed by atoms with E-state index in [4.69, 9.17) is 23.2 Å². The second kappa shape index (κ2) is 3.34. The van der Waals surface area contributed by atoms with Gasteiger partial charge in [0.1, 0.15) is 0 Å². The summed E-state index contributed by atoms with van der Waals surface area (Å²) in [7, 11) is 0. The molecule has 0 rings (SSSR count). The molecule has 0 aliphatic carbocycles. The number of hydrogen-bond acceptors (Lipinski definition) is 0. The van der Waals surface area contributed by atoms with Crippen molar-refractivity contribution >= 4 is 23.2 Å². The van der Waals surface area contributed by atoms with E-state index in [1.807, 2.05) is 13.8 Å². The number of hydrogen-bond donors (Lipinski definition) is 0. The summed E-state index contributed by atoms with van der Waals surface area (Å²) in [6.45, 7) is 3.70. The molecular formula is C5H8Cl2. The van der Waals surface area contributed by atoms with Crippen molar-refractivity contribution in [3.05, 3.63) is 11.1 Å². The van der Waals surface area contributed by atoms with Crippen LogP contribution < -0.4 is 0 Å². The Kier molecular flexibility index (Phi) is 3.49. The molecule has 0 aliphatic rings. The number of rotatable bonds is 1. The highest BCUT2D eigenvalue weighted by molar-refractivity contribution is 6.37. The van der Waals surface area contributed by atoms with E-state index in [-0.39, 0.29) is 5.38 Å². The van der Waals surface area contributed by atoms with Crippen LogP contribution in [0, 0.1) is 0 Å². The molecule has 0 bridgehead atoms. The first-order valence-electron chi connectivity index (χ1n) is 2.14. The minimum atomic E-state index is -0.0355. The van der Waals surface area contributed by atoms with Gasteiger partial charge in [0.25, 0.3) is 0 Å². The molecule has 1 atom stereocenters. The summed E-state index contributed by atoms with van der Waals surface area (Å²) in [4.78, 5) is 0. The summed E-state index contributed by atoms with van der Waals surface area (Å²) in [6.07, 6.45) is 1.79. The van der Waals surface area contributed by atoms with Crippen LogP contribution in [0.2, 0.25) is 0 Å². The molecule has 42 valence electrons. The normalized spacial score (nSPS) is 16.9. The van der Waals surface area contributed by atoms with Crippen LogP contribution in [0.3, 0.4) is 0 Å². The zero-order valence-electron chi connectivity index (χ0n) is 4.41. The van der Waals surface area contributed by atoms with Crippen molar-refractivity contribution < 1.29 is 0 Å². The zero-order valence-corrected chi connectivity index (χ0v) is 5.92. The highest BCUT2D eigenvalue weighted by atomic mass is 35.5. The van der Waals surface area contributed by atoms with E-state index < -0.39 is 0 Å². The Morgan fingerprint density at radius 3 is 2.14 bits per heavy atom. The third-order valence-electron chi connectivity index (χ3n) is 0.656. The van der Waals surface area contributed by atoms with Crippen LogP contribution in [0.1, 0.15) is 13.8 Å². The van der Waals surface area contributed by atoms with Gasteiger partial charge in [-0.25, -0.2) is 0 Å². The van der Waals surface area contributed by atoms with Gasteiger partial charge in [0.2, 0.25) is 0 Å². The number of halogens is 2. The van der Waals surface area contributed by atoms with Crippen LogP contribution in [0.5, 0.6) is 0 Å². The summed E-state index contributed by atoms with van der Waals surface area (Å²) in [5.41, 5.74) is 0. The first-order valence-corrected chi connectivity index (χ1v) is 2.95. The van der Waals surface area contributed by atoms with Crippen LogP contribution in [0.4, 0.5) is 0 Å². The van der Waals surface area contributed by atoms with Gasteiger partial charge in [-0.15, -0.1) is 11.6 Å². The van der Waals surface area contributed by atoms with E-state index in [0.29, 0.717) is 5.03 Å². The zero-order chi connectivity index (χ0) is 5.86. The highest BCUT2D eigenvalue weighted by Crippen LogP contribution is 2.11. The minimum Gasteiger partial charge on any atom is -0.117 e. The quantitative estimate of drug-likeness (QED) is 0.490. The van der Waals surface area contributed by atoms with Gasteiger partial charge in [-0.05, 0) is 13.8 Å². The molecule has 2 heteroatoms. The van der Waals surface area contributed by atoms with Gasteiger partial charge in [-0.1, -0.05) is 17.7 Å². The van der Waals surface area contributed by atoms with Crippen molar-refractivity contribution in [3.8, 4) is 0 Å². The summed E-state index contributed by atoms with van der Waals surface area (Å²) in [6, 6.07) is 0. The molecule has 0 aromatic heterocycles. The molecule has 0 spiro atoms. The molecular weight excluding hydrogens is 131 g/mol. The van der Waals surface area contributed by atoms with Crippen LogP contribution in [0.25, 0.3) is 0 Å². The van der Waals surface area contributed by atoms with Crippen LogP contribution in [-0.2, 0) is 0 Å². The smallest absolute Gasteiger partial charge is 0.0660 e. The Hall–Kier alpha value is 0.320. The van der Waals surface area contributed by atoms with E-state index in [1.54, 1.807) is 6.08 Å². The van der Waals surface area contributed by atoms with Gasteiger partial charge >= 0.3 is 0 Å². The lowest BCUT2D eigenvalue weighted by atomic mass is 10.4. The second-order valence-corrected chi connectivity index (χ2v) is 2.38. The fraction of sp³-hybridized carbons (Fsp3) is 0.600. The molecule has 0 amide bonds. The molecule has 0 aromatic rings. The van der Waals surface area contributed by atoms with Gasteiger partial charge in [0, 0.05) is 5.03 Å². The Labute approximate surface area is 54.1 Å². The molecule has 0 heterocycles. The summed E-state index contributed by atoms with van der Waals surface area (Å²) >= 11 is 11.1. The van der Waals surface area contributed by atoms with E-state index in [9.17, 15) is 0 Å². The molecule has 0 unspecified atom stereocenters. The molecule has 0 saturated heterocycles. The van der Waals surface area contributed by atoms with E-state index >= 15 is 0 Å². The predicted molar refractivity (Wildman–Crippen MR) is 34.9 cm³/mol. The van der Waals surface area contributed by atoms with Crippen LogP contribution in [-0.4, -0.2) is 5.38 Å². The Balaban J connectivity index is 3.56. The summed E-state index contributed by atoms with van der Waals surface area (Å²) in [5.74, 6) is 0. The SMILES string of the molecule is C/C=C(\Cl)[C@H](C)Cl. The monoisotopic (exact) mass is 138 g/mol. The van der Waals surface area contributed by atoms with Crippen molar-refractivity contribution in [2.24, 2.45) is 0 Å². The van der Waals surface area contributed by atoms with E-state index in [0.717, 1.165) is 0 Å². The molecule has 0 fully saturated rings. The predicted octanol–water partition coefficient (Wildman–Crippen LogP) is 2.76. The van der Waals surface area contributed by atoms with Gasteiger partial charge in [-0.3, -0.25) is 0 Å². The average molecular weight is 139 g/mol. The van der Waals surface area contributed by atoms with E-state index in [1.165, 1.54) is 0 Å². The molecule has 0 aromatic carbocycles. The van der Waals surface area contributed by atoms with Gasteiger partial charge in [-0.2, -0.15) is 0 Å². The van der Waals surface area contributed by atoms with Crippen LogP contribution >= 0.6 is 23.2 Å². The molecule has 0 aliphatic heterocycles. The number of alkyl halides is 1. The molecule has 0 N–H and O–H groups in total. The Morgan fingerprint density at radius 2 is 2.14 bits per heavy atom. The largest absolute Gasteiger partial charge is 0.117 e. The van der Waals surface area contributed by atoms with Gasteiger partial charge < -0.3 is 0 Å². The first kappa shape index (κ1) is 7.32. The third-order valence-corrected chi connectivity index (χ3v) is 1.55. The standard InChI is InChI=1S/C5H8Cl2/c1-3-5(7)4(2)6/h3-4H,1-2H3/b5-3-/t4-/m0/s1. The minimum absolute atomic E-state index is 0.0355.